The number of anilines is 1. The zero-order valence-electron chi connectivity index (χ0n) is 14.6. The number of aromatic nitrogens is 2. The lowest BCUT2D eigenvalue weighted by atomic mass is 10.1. The second-order valence-corrected chi connectivity index (χ2v) is 6.50. The number of nitrogens with zero attached hydrogens (tertiary/aromatic N) is 4. The van der Waals surface area contributed by atoms with Gasteiger partial charge in [-0.15, -0.1) is 0 Å². The number of methoxy groups -OCH3 is 1. The highest BCUT2D eigenvalue weighted by molar-refractivity contribution is 5.87. The SMILES string of the molecule is COC(=O)C[C@H]1C(=O)NCCN1Cc1cnc(N2CCCCC2)nc1. The van der Waals surface area contributed by atoms with Crippen molar-refractivity contribution in [3.8, 4) is 0 Å². The Balaban J connectivity index is 1.64. The molecule has 2 saturated heterocycles. The first-order valence-electron chi connectivity index (χ1n) is 8.82. The Labute approximate surface area is 147 Å². The number of rotatable bonds is 5. The van der Waals surface area contributed by atoms with Crippen LogP contribution in [0.4, 0.5) is 5.95 Å². The highest BCUT2D eigenvalue weighted by atomic mass is 16.5. The van der Waals surface area contributed by atoms with Gasteiger partial charge in [-0.05, 0) is 19.3 Å². The van der Waals surface area contributed by atoms with Gasteiger partial charge in [-0.25, -0.2) is 9.97 Å². The summed E-state index contributed by atoms with van der Waals surface area (Å²) in [4.78, 5) is 36.9. The van der Waals surface area contributed by atoms with Crippen LogP contribution in [-0.4, -0.2) is 66.1 Å². The van der Waals surface area contributed by atoms with Crippen LogP contribution < -0.4 is 10.2 Å². The normalized spacial score (nSPS) is 21.7. The number of piperazine rings is 1. The Morgan fingerprint density at radius 1 is 1.24 bits per heavy atom. The molecular formula is C17H25N5O3. The molecule has 0 aromatic carbocycles. The van der Waals surface area contributed by atoms with Gasteiger partial charge in [0.25, 0.3) is 0 Å². The van der Waals surface area contributed by atoms with Gasteiger partial charge in [0.1, 0.15) is 6.04 Å². The van der Waals surface area contributed by atoms with Crippen molar-refractivity contribution in [3.63, 3.8) is 0 Å². The molecule has 0 saturated carbocycles. The van der Waals surface area contributed by atoms with Crippen molar-refractivity contribution < 1.29 is 14.3 Å². The average molecular weight is 347 g/mol. The predicted octanol–water partition coefficient (Wildman–Crippen LogP) is 0.330. The third-order valence-corrected chi connectivity index (χ3v) is 4.75. The molecule has 136 valence electrons. The Hall–Kier alpha value is -2.22. The Morgan fingerprint density at radius 3 is 2.64 bits per heavy atom. The molecule has 8 nitrogen and oxygen atoms in total. The first-order chi connectivity index (χ1) is 12.2. The number of ether oxygens (including phenoxy) is 1. The topological polar surface area (TPSA) is 87.7 Å². The van der Waals surface area contributed by atoms with E-state index >= 15 is 0 Å². The molecule has 8 heteroatoms. The summed E-state index contributed by atoms with van der Waals surface area (Å²) >= 11 is 0. The van der Waals surface area contributed by atoms with E-state index in [1.165, 1.54) is 26.4 Å². The maximum atomic E-state index is 12.1. The minimum absolute atomic E-state index is 0.0506. The molecule has 2 aliphatic rings. The second-order valence-electron chi connectivity index (χ2n) is 6.50. The predicted molar refractivity (Wildman–Crippen MR) is 91.9 cm³/mol. The first kappa shape index (κ1) is 17.6. The fourth-order valence-electron chi connectivity index (χ4n) is 3.34. The standard InChI is InChI=1S/C17H25N5O3/c1-25-15(23)9-14-16(24)18-5-8-22(14)12-13-10-19-17(20-11-13)21-6-3-2-4-7-21/h10-11,14H,2-9,12H2,1H3,(H,18,24)/t14-/m0/s1. The van der Waals surface area contributed by atoms with Crippen molar-refractivity contribution in [2.24, 2.45) is 0 Å². The van der Waals surface area contributed by atoms with E-state index in [0.29, 0.717) is 19.6 Å². The lowest BCUT2D eigenvalue weighted by Gasteiger charge is -2.34. The number of nitrogens with one attached hydrogen (secondary N) is 1. The smallest absolute Gasteiger partial charge is 0.307 e. The molecule has 25 heavy (non-hydrogen) atoms. The average Bonchev–Trinajstić information content (AvgIpc) is 2.65. The van der Waals surface area contributed by atoms with Crippen LogP contribution in [0.3, 0.4) is 0 Å². The Kier molecular flexibility index (Phi) is 5.80. The summed E-state index contributed by atoms with van der Waals surface area (Å²) in [5.74, 6) is 0.247. The third-order valence-electron chi connectivity index (χ3n) is 4.75. The van der Waals surface area contributed by atoms with Crippen molar-refractivity contribution in [3.05, 3.63) is 18.0 Å². The molecule has 1 atom stereocenters. The summed E-state index contributed by atoms with van der Waals surface area (Å²) < 4.78 is 4.71. The second kappa shape index (κ2) is 8.24. The third kappa shape index (κ3) is 4.45. The maximum absolute atomic E-state index is 12.1. The first-order valence-corrected chi connectivity index (χ1v) is 8.82. The van der Waals surface area contributed by atoms with Crippen LogP contribution in [0.1, 0.15) is 31.2 Å². The molecule has 1 aromatic heterocycles. The molecule has 1 aromatic rings. The Morgan fingerprint density at radius 2 is 1.96 bits per heavy atom. The number of carbonyl (C=O) groups is 2. The highest BCUT2D eigenvalue weighted by Crippen LogP contribution is 2.17. The van der Waals surface area contributed by atoms with Crippen LogP contribution >= 0.6 is 0 Å². The quantitative estimate of drug-likeness (QED) is 0.768. The van der Waals surface area contributed by atoms with Crippen molar-refractivity contribution in [2.45, 2.75) is 38.3 Å². The van der Waals surface area contributed by atoms with Crippen LogP contribution in [-0.2, 0) is 20.9 Å². The minimum atomic E-state index is -0.511. The molecule has 0 aliphatic carbocycles. The lowest BCUT2D eigenvalue weighted by molar-refractivity contribution is -0.146. The van der Waals surface area contributed by atoms with Crippen molar-refractivity contribution >= 4 is 17.8 Å². The number of esters is 1. The Bertz CT molecular complexity index is 601. The van der Waals surface area contributed by atoms with Gasteiger partial charge in [0.15, 0.2) is 0 Å². The van der Waals surface area contributed by atoms with Gasteiger partial charge in [-0.2, -0.15) is 0 Å². The molecule has 0 bridgehead atoms. The van der Waals surface area contributed by atoms with Gasteiger partial charge in [-0.3, -0.25) is 14.5 Å². The summed E-state index contributed by atoms with van der Waals surface area (Å²) in [7, 11) is 1.33. The molecule has 3 rings (SSSR count). The van der Waals surface area contributed by atoms with Gasteiger partial charge < -0.3 is 15.0 Å². The van der Waals surface area contributed by atoms with E-state index in [0.717, 1.165) is 24.6 Å². The van der Waals surface area contributed by atoms with Gasteiger partial charge in [0.2, 0.25) is 11.9 Å². The van der Waals surface area contributed by atoms with Crippen LogP contribution in [0, 0.1) is 0 Å². The number of hydrogen-bond donors (Lipinski definition) is 1. The van der Waals surface area contributed by atoms with Crippen LogP contribution in [0.15, 0.2) is 12.4 Å². The molecule has 1 N–H and O–H groups in total. The van der Waals surface area contributed by atoms with Gasteiger partial charge in [0.05, 0.1) is 13.5 Å². The largest absolute Gasteiger partial charge is 0.469 e. The van der Waals surface area contributed by atoms with E-state index in [9.17, 15) is 9.59 Å². The molecule has 0 radical (unpaired) electrons. The summed E-state index contributed by atoms with van der Waals surface area (Å²) in [5, 5.41) is 2.80. The van der Waals surface area contributed by atoms with E-state index in [-0.39, 0.29) is 18.3 Å². The van der Waals surface area contributed by atoms with Crippen LogP contribution in [0.2, 0.25) is 0 Å². The number of amides is 1. The highest BCUT2D eigenvalue weighted by Gasteiger charge is 2.32. The zero-order valence-corrected chi connectivity index (χ0v) is 14.6. The molecule has 1 amide bonds. The molecule has 0 spiro atoms. The minimum Gasteiger partial charge on any atom is -0.469 e. The van der Waals surface area contributed by atoms with E-state index < -0.39 is 6.04 Å². The molecular weight excluding hydrogens is 322 g/mol. The van der Waals surface area contributed by atoms with Crippen molar-refractivity contribution in [1.82, 2.24) is 20.2 Å². The summed E-state index contributed by atoms with van der Waals surface area (Å²) in [6.07, 6.45) is 7.33. The van der Waals surface area contributed by atoms with Crippen molar-refractivity contribution in [1.29, 1.82) is 0 Å². The molecule has 2 aliphatic heterocycles. The zero-order chi connectivity index (χ0) is 17.6. The van der Waals surface area contributed by atoms with E-state index in [1.807, 2.05) is 17.3 Å². The van der Waals surface area contributed by atoms with Gasteiger partial charge >= 0.3 is 5.97 Å². The fraction of sp³-hybridized carbons (Fsp3) is 0.647. The van der Waals surface area contributed by atoms with Gasteiger partial charge in [0, 0.05) is 50.7 Å². The van der Waals surface area contributed by atoms with Crippen LogP contribution in [0.5, 0.6) is 0 Å². The summed E-state index contributed by atoms with van der Waals surface area (Å²) in [5.41, 5.74) is 0.935. The van der Waals surface area contributed by atoms with Crippen molar-refractivity contribution in [2.75, 3.05) is 38.2 Å². The van der Waals surface area contributed by atoms with Gasteiger partial charge in [-0.1, -0.05) is 0 Å². The van der Waals surface area contributed by atoms with Crippen LogP contribution in [0.25, 0.3) is 0 Å². The number of carbonyl (C=O) groups excluding carboxylic acids is 2. The van der Waals surface area contributed by atoms with E-state index in [1.54, 1.807) is 0 Å². The lowest BCUT2D eigenvalue weighted by Crippen LogP contribution is -2.55. The number of hydrogen-bond acceptors (Lipinski definition) is 7. The molecule has 3 heterocycles. The summed E-state index contributed by atoms with van der Waals surface area (Å²) in [6, 6.07) is -0.511. The molecule has 0 unspecified atom stereocenters. The summed E-state index contributed by atoms with van der Waals surface area (Å²) in [6.45, 7) is 3.81. The monoisotopic (exact) mass is 347 g/mol. The maximum Gasteiger partial charge on any atom is 0.307 e. The molecule has 2 fully saturated rings. The van der Waals surface area contributed by atoms with E-state index in [4.69, 9.17) is 4.74 Å². The van der Waals surface area contributed by atoms with E-state index in [2.05, 4.69) is 20.2 Å². The number of piperidine rings is 1. The fourth-order valence-corrected chi connectivity index (χ4v) is 3.34.